The van der Waals surface area contributed by atoms with Crippen molar-refractivity contribution >= 4 is 29.3 Å². The summed E-state index contributed by atoms with van der Waals surface area (Å²) in [4.78, 5) is 28.8. The smallest absolute Gasteiger partial charge is 0.338 e. The molecule has 0 spiro atoms. The van der Waals surface area contributed by atoms with E-state index in [-0.39, 0.29) is 17.1 Å². The first-order valence-electron chi connectivity index (χ1n) is 7.81. The number of amides is 1. The summed E-state index contributed by atoms with van der Waals surface area (Å²) in [5.41, 5.74) is 2.30. The molecule has 1 amide bonds. The van der Waals surface area contributed by atoms with E-state index in [1.165, 1.54) is 17.3 Å². The number of carbonyl (C=O) groups is 2. The van der Waals surface area contributed by atoms with Crippen molar-refractivity contribution < 1.29 is 14.3 Å². The quantitative estimate of drug-likeness (QED) is 0.667. The van der Waals surface area contributed by atoms with Gasteiger partial charge in [-0.15, -0.1) is 11.8 Å². The van der Waals surface area contributed by atoms with Gasteiger partial charge in [-0.2, -0.15) is 0 Å². The van der Waals surface area contributed by atoms with Crippen LogP contribution in [-0.4, -0.2) is 28.7 Å². The molecule has 2 aromatic rings. The maximum Gasteiger partial charge on any atom is 0.338 e. The summed E-state index contributed by atoms with van der Waals surface area (Å²) in [6.45, 7) is 2.21. The molecular formula is C18H18N2O3S. The highest BCUT2D eigenvalue weighted by molar-refractivity contribution is 8.00. The number of hydrogen-bond donors (Lipinski definition) is 1. The molecule has 5 nitrogen and oxygen atoms in total. The summed E-state index contributed by atoms with van der Waals surface area (Å²) in [7, 11) is 0. The molecule has 0 aliphatic carbocycles. The van der Waals surface area contributed by atoms with E-state index in [0.717, 1.165) is 17.7 Å². The largest absolute Gasteiger partial charge is 0.462 e. The van der Waals surface area contributed by atoms with Crippen LogP contribution in [0.15, 0.2) is 47.6 Å². The molecular weight excluding hydrogens is 324 g/mol. The number of hydrogen-bond acceptors (Lipinski definition) is 5. The molecule has 1 aromatic heterocycles. The second-order valence-electron chi connectivity index (χ2n) is 5.56. The van der Waals surface area contributed by atoms with Gasteiger partial charge in [0.05, 0.1) is 23.1 Å². The molecule has 124 valence electrons. The lowest BCUT2D eigenvalue weighted by atomic mass is 10.1. The van der Waals surface area contributed by atoms with Crippen LogP contribution in [0, 0.1) is 0 Å². The molecule has 6 heteroatoms. The summed E-state index contributed by atoms with van der Waals surface area (Å²) < 4.78 is 5.31. The van der Waals surface area contributed by atoms with Gasteiger partial charge in [-0.1, -0.05) is 0 Å². The number of nitrogens with zero attached hydrogens (tertiary/aromatic N) is 1. The lowest BCUT2D eigenvalue weighted by molar-refractivity contribution is -0.115. The van der Waals surface area contributed by atoms with Crippen molar-refractivity contribution in [3.05, 3.63) is 53.9 Å². The molecule has 0 radical (unpaired) electrons. The van der Waals surface area contributed by atoms with Crippen LogP contribution in [0.2, 0.25) is 0 Å². The van der Waals surface area contributed by atoms with E-state index in [0.29, 0.717) is 17.9 Å². The Labute approximate surface area is 144 Å². The van der Waals surface area contributed by atoms with E-state index in [1.807, 2.05) is 25.1 Å². The number of aromatic nitrogens is 1. The molecule has 0 saturated carbocycles. The number of aryl methyl sites for hydroxylation is 1. The highest BCUT2D eigenvalue weighted by Gasteiger charge is 2.23. The van der Waals surface area contributed by atoms with E-state index < -0.39 is 0 Å². The number of esters is 1. The minimum absolute atomic E-state index is 0.0460. The van der Waals surface area contributed by atoms with E-state index in [2.05, 4.69) is 10.3 Å². The van der Waals surface area contributed by atoms with Crippen LogP contribution in [0.1, 0.15) is 29.3 Å². The zero-order valence-electron chi connectivity index (χ0n) is 13.3. The zero-order valence-corrected chi connectivity index (χ0v) is 14.1. The van der Waals surface area contributed by atoms with Crippen LogP contribution < -0.4 is 5.32 Å². The monoisotopic (exact) mass is 342 g/mol. The van der Waals surface area contributed by atoms with Crippen molar-refractivity contribution in [2.75, 3.05) is 11.9 Å². The first-order valence-corrected chi connectivity index (χ1v) is 8.69. The minimum Gasteiger partial charge on any atom is -0.462 e. The normalized spacial score (nSPS) is 16.2. The molecule has 3 rings (SSSR count). The Morgan fingerprint density at radius 1 is 1.29 bits per heavy atom. The van der Waals surface area contributed by atoms with Crippen LogP contribution in [0.4, 0.5) is 5.69 Å². The van der Waals surface area contributed by atoms with E-state index >= 15 is 0 Å². The number of ether oxygens (including phenoxy) is 1. The lowest BCUT2D eigenvalue weighted by Crippen LogP contribution is -2.26. The first kappa shape index (κ1) is 16.5. The highest BCUT2D eigenvalue weighted by Crippen LogP contribution is 2.36. The molecule has 1 aromatic carbocycles. The van der Waals surface area contributed by atoms with Crippen molar-refractivity contribution in [2.45, 2.75) is 29.9 Å². The maximum atomic E-state index is 12.1. The molecule has 24 heavy (non-hydrogen) atoms. The molecule has 0 fully saturated rings. The van der Waals surface area contributed by atoms with Crippen molar-refractivity contribution in [3.63, 3.8) is 0 Å². The summed E-state index contributed by atoms with van der Waals surface area (Å²) in [5, 5.41) is 2.70. The highest BCUT2D eigenvalue weighted by atomic mass is 32.2. The first-order chi connectivity index (χ1) is 11.6. The predicted molar refractivity (Wildman–Crippen MR) is 93.2 cm³/mol. The standard InChI is InChI=1S/C18H18N2O3S/c1-12-17(21)20-15-11-14(4-5-16(15)24-12)18(22)23-10-2-3-13-6-8-19-9-7-13/h4-9,11-12H,2-3,10H2,1H3,(H,20,21). The lowest BCUT2D eigenvalue weighted by Gasteiger charge is -2.21. The fourth-order valence-electron chi connectivity index (χ4n) is 2.41. The Hall–Kier alpha value is -2.34. The predicted octanol–water partition coefficient (Wildman–Crippen LogP) is 3.30. The van der Waals surface area contributed by atoms with Crippen molar-refractivity contribution in [2.24, 2.45) is 0 Å². The van der Waals surface area contributed by atoms with Crippen LogP contribution >= 0.6 is 11.8 Å². The van der Waals surface area contributed by atoms with Gasteiger partial charge in [0, 0.05) is 17.3 Å². The zero-order chi connectivity index (χ0) is 16.9. The topological polar surface area (TPSA) is 68.3 Å². The Bertz CT molecular complexity index is 749. The number of fused-ring (bicyclic) bond motifs is 1. The maximum absolute atomic E-state index is 12.1. The van der Waals surface area contributed by atoms with Gasteiger partial charge in [0.25, 0.3) is 0 Å². The Morgan fingerprint density at radius 2 is 2.08 bits per heavy atom. The number of pyridine rings is 1. The van der Waals surface area contributed by atoms with Gasteiger partial charge in [-0.3, -0.25) is 9.78 Å². The van der Waals surface area contributed by atoms with Gasteiger partial charge in [-0.25, -0.2) is 4.79 Å². The Morgan fingerprint density at radius 3 is 2.88 bits per heavy atom. The fourth-order valence-corrected chi connectivity index (χ4v) is 3.34. The van der Waals surface area contributed by atoms with Crippen LogP contribution in [0.5, 0.6) is 0 Å². The third kappa shape index (κ3) is 3.94. The molecule has 1 aliphatic rings. The van der Waals surface area contributed by atoms with Crippen LogP contribution in [-0.2, 0) is 16.0 Å². The van der Waals surface area contributed by atoms with Gasteiger partial charge >= 0.3 is 5.97 Å². The summed E-state index contributed by atoms with van der Waals surface area (Å²) in [5.74, 6) is -0.416. The number of anilines is 1. The molecule has 1 atom stereocenters. The second kappa shape index (κ2) is 7.49. The minimum atomic E-state index is -0.370. The van der Waals surface area contributed by atoms with E-state index in [9.17, 15) is 9.59 Å². The number of thioether (sulfide) groups is 1. The number of benzene rings is 1. The van der Waals surface area contributed by atoms with Crippen molar-refractivity contribution in [1.29, 1.82) is 0 Å². The SMILES string of the molecule is CC1Sc2ccc(C(=O)OCCCc3ccncc3)cc2NC1=O. The average molecular weight is 342 g/mol. The molecule has 1 unspecified atom stereocenters. The van der Waals surface area contributed by atoms with Crippen molar-refractivity contribution in [3.8, 4) is 0 Å². The molecule has 2 heterocycles. The summed E-state index contributed by atoms with van der Waals surface area (Å²) >= 11 is 1.49. The van der Waals surface area contributed by atoms with E-state index in [1.54, 1.807) is 24.5 Å². The second-order valence-corrected chi connectivity index (χ2v) is 6.94. The van der Waals surface area contributed by atoms with Gasteiger partial charge in [-0.05, 0) is 55.7 Å². The molecule has 1 aliphatic heterocycles. The van der Waals surface area contributed by atoms with Gasteiger partial charge in [0.2, 0.25) is 5.91 Å². The summed E-state index contributed by atoms with van der Waals surface area (Å²) in [6.07, 6.45) is 5.10. The Kier molecular flexibility index (Phi) is 5.15. The van der Waals surface area contributed by atoms with Crippen LogP contribution in [0.25, 0.3) is 0 Å². The van der Waals surface area contributed by atoms with Gasteiger partial charge in [0.15, 0.2) is 0 Å². The molecule has 0 saturated heterocycles. The number of nitrogens with one attached hydrogen (secondary N) is 1. The molecule has 0 bridgehead atoms. The number of carbonyl (C=O) groups excluding carboxylic acids is 2. The van der Waals surface area contributed by atoms with E-state index in [4.69, 9.17) is 4.74 Å². The fraction of sp³-hybridized carbons (Fsp3) is 0.278. The Balaban J connectivity index is 1.54. The van der Waals surface area contributed by atoms with Crippen molar-refractivity contribution in [1.82, 2.24) is 4.98 Å². The molecule has 1 N–H and O–H groups in total. The van der Waals surface area contributed by atoms with Gasteiger partial charge in [0.1, 0.15) is 0 Å². The average Bonchev–Trinajstić information content (AvgIpc) is 2.60. The summed E-state index contributed by atoms with van der Waals surface area (Å²) in [6, 6.07) is 9.17. The van der Waals surface area contributed by atoms with Crippen LogP contribution in [0.3, 0.4) is 0 Å². The third-order valence-electron chi connectivity index (χ3n) is 3.74. The van der Waals surface area contributed by atoms with Gasteiger partial charge < -0.3 is 10.1 Å². The number of rotatable bonds is 5. The third-order valence-corrected chi connectivity index (χ3v) is 4.92.